The van der Waals surface area contributed by atoms with Crippen molar-refractivity contribution in [1.29, 1.82) is 0 Å². The third kappa shape index (κ3) is 2.32. The van der Waals surface area contributed by atoms with Crippen LogP contribution in [0.25, 0.3) is 0 Å². The van der Waals surface area contributed by atoms with Gasteiger partial charge in [0.15, 0.2) is 6.04 Å². The summed E-state index contributed by atoms with van der Waals surface area (Å²) in [6.07, 6.45) is 3.32. The average Bonchev–Trinajstić information content (AvgIpc) is 3.10. The van der Waals surface area contributed by atoms with E-state index < -0.39 is 12.0 Å². The fourth-order valence-electron chi connectivity index (χ4n) is 3.09. The molecule has 1 saturated heterocycles. The Hall–Kier alpha value is -1.56. The Morgan fingerprint density at radius 2 is 2.32 bits per heavy atom. The van der Waals surface area contributed by atoms with E-state index in [1.165, 1.54) is 17.8 Å². The number of aliphatic carboxylic acids is 1. The van der Waals surface area contributed by atoms with E-state index in [9.17, 15) is 14.7 Å². The number of nitrogens with zero attached hydrogens (tertiary/aromatic N) is 1. The maximum Gasteiger partial charge on any atom is 0.331 e. The van der Waals surface area contributed by atoms with Crippen molar-refractivity contribution in [3.8, 4) is 0 Å². The standard InChI is InChI=1S/C13H16N2O3S/c16-12(17)11(10-2-1-5-19-10)14-13(18)15-7-8-3-4-9(15)6-8/h1-2,5,8-9,11H,3-4,6-7H2,(H,14,18)(H,16,17). The number of hydrogen-bond donors (Lipinski definition) is 2. The highest BCUT2D eigenvalue weighted by atomic mass is 32.1. The van der Waals surface area contributed by atoms with E-state index in [0.717, 1.165) is 19.4 Å². The number of urea groups is 1. The summed E-state index contributed by atoms with van der Waals surface area (Å²) in [5, 5.41) is 13.7. The van der Waals surface area contributed by atoms with Crippen LogP contribution in [0.4, 0.5) is 4.79 Å². The highest BCUT2D eigenvalue weighted by Crippen LogP contribution is 2.37. The molecule has 2 amide bonds. The summed E-state index contributed by atoms with van der Waals surface area (Å²) >= 11 is 1.35. The molecule has 3 atom stereocenters. The molecule has 2 aliphatic rings. The van der Waals surface area contributed by atoms with Crippen LogP contribution < -0.4 is 5.32 Å². The number of carbonyl (C=O) groups is 2. The summed E-state index contributed by atoms with van der Waals surface area (Å²) in [5.41, 5.74) is 0. The molecule has 1 aliphatic carbocycles. The third-order valence-electron chi connectivity index (χ3n) is 4.01. The number of nitrogens with one attached hydrogen (secondary N) is 1. The first-order valence-electron chi connectivity index (χ1n) is 6.48. The molecule has 2 bridgehead atoms. The molecule has 19 heavy (non-hydrogen) atoms. The first kappa shape index (κ1) is 12.5. The molecule has 3 rings (SSSR count). The number of fused-ring (bicyclic) bond motifs is 2. The molecule has 2 heterocycles. The van der Waals surface area contributed by atoms with Crippen LogP contribution in [0.5, 0.6) is 0 Å². The SMILES string of the molecule is O=C(O)C(NC(=O)N1CC2CCC1C2)c1cccs1. The highest BCUT2D eigenvalue weighted by Gasteiger charge is 2.41. The van der Waals surface area contributed by atoms with Gasteiger partial charge in [-0.2, -0.15) is 0 Å². The van der Waals surface area contributed by atoms with Crippen LogP contribution in [-0.2, 0) is 4.79 Å². The topological polar surface area (TPSA) is 69.6 Å². The first-order chi connectivity index (χ1) is 9.15. The summed E-state index contributed by atoms with van der Waals surface area (Å²) in [4.78, 5) is 25.9. The molecule has 1 aromatic rings. The average molecular weight is 280 g/mol. The Bertz CT molecular complexity index is 488. The van der Waals surface area contributed by atoms with E-state index in [4.69, 9.17) is 0 Å². The number of carbonyl (C=O) groups excluding carboxylic acids is 1. The Morgan fingerprint density at radius 1 is 1.47 bits per heavy atom. The van der Waals surface area contributed by atoms with E-state index in [1.807, 2.05) is 5.38 Å². The van der Waals surface area contributed by atoms with Crippen molar-refractivity contribution < 1.29 is 14.7 Å². The monoisotopic (exact) mass is 280 g/mol. The number of piperidine rings is 1. The molecular formula is C13H16N2O3S. The number of rotatable bonds is 3. The van der Waals surface area contributed by atoms with E-state index >= 15 is 0 Å². The Balaban J connectivity index is 1.69. The van der Waals surface area contributed by atoms with Crippen molar-refractivity contribution in [1.82, 2.24) is 10.2 Å². The molecule has 5 nitrogen and oxygen atoms in total. The normalized spacial score (nSPS) is 26.4. The molecule has 1 aromatic heterocycles. The largest absolute Gasteiger partial charge is 0.479 e. The van der Waals surface area contributed by atoms with Crippen LogP contribution in [0.2, 0.25) is 0 Å². The number of carboxylic acid groups (broad SMARTS) is 1. The smallest absolute Gasteiger partial charge is 0.331 e. The molecule has 3 unspecified atom stereocenters. The van der Waals surface area contributed by atoms with Gasteiger partial charge in [0, 0.05) is 17.5 Å². The van der Waals surface area contributed by atoms with Gasteiger partial charge in [-0.15, -0.1) is 11.3 Å². The Labute approximate surface area is 115 Å². The number of hydrogen-bond acceptors (Lipinski definition) is 3. The van der Waals surface area contributed by atoms with E-state index in [1.54, 1.807) is 17.0 Å². The number of likely N-dealkylation sites (tertiary alicyclic amines) is 1. The van der Waals surface area contributed by atoms with Gasteiger partial charge in [0.25, 0.3) is 0 Å². The molecule has 6 heteroatoms. The van der Waals surface area contributed by atoms with Gasteiger partial charge in [-0.3, -0.25) is 0 Å². The van der Waals surface area contributed by atoms with Crippen LogP contribution >= 0.6 is 11.3 Å². The van der Waals surface area contributed by atoms with Gasteiger partial charge < -0.3 is 15.3 Å². The van der Waals surface area contributed by atoms with Crippen LogP contribution in [0.3, 0.4) is 0 Å². The lowest BCUT2D eigenvalue weighted by Gasteiger charge is -2.28. The van der Waals surface area contributed by atoms with E-state index in [2.05, 4.69) is 5.32 Å². The first-order valence-corrected chi connectivity index (χ1v) is 7.36. The van der Waals surface area contributed by atoms with Gasteiger partial charge in [-0.25, -0.2) is 9.59 Å². The second-order valence-corrected chi connectivity index (χ2v) is 6.20. The molecule has 0 spiro atoms. The minimum absolute atomic E-state index is 0.243. The molecule has 2 N–H and O–H groups in total. The summed E-state index contributed by atoms with van der Waals surface area (Å²) < 4.78 is 0. The number of carboxylic acids is 1. The lowest BCUT2D eigenvalue weighted by molar-refractivity contribution is -0.139. The van der Waals surface area contributed by atoms with Gasteiger partial charge in [-0.1, -0.05) is 6.07 Å². The molecule has 0 radical (unpaired) electrons. The summed E-state index contributed by atoms with van der Waals surface area (Å²) in [6.45, 7) is 0.771. The number of amides is 2. The fraction of sp³-hybridized carbons (Fsp3) is 0.538. The highest BCUT2D eigenvalue weighted by molar-refractivity contribution is 7.10. The maximum absolute atomic E-state index is 12.2. The van der Waals surface area contributed by atoms with Crippen molar-refractivity contribution in [3.05, 3.63) is 22.4 Å². The predicted octanol–water partition coefficient (Wildman–Crippen LogP) is 2.07. The van der Waals surface area contributed by atoms with Crippen molar-refractivity contribution in [2.75, 3.05) is 6.54 Å². The van der Waals surface area contributed by atoms with Gasteiger partial charge in [-0.05, 0) is 36.6 Å². The van der Waals surface area contributed by atoms with Crippen molar-refractivity contribution in [2.24, 2.45) is 5.92 Å². The Morgan fingerprint density at radius 3 is 2.84 bits per heavy atom. The summed E-state index contributed by atoms with van der Waals surface area (Å²) in [5.74, 6) is -0.402. The lowest BCUT2D eigenvalue weighted by atomic mass is 10.1. The van der Waals surface area contributed by atoms with Crippen molar-refractivity contribution >= 4 is 23.3 Å². The fourth-order valence-corrected chi connectivity index (χ4v) is 3.86. The van der Waals surface area contributed by atoms with Gasteiger partial charge in [0.1, 0.15) is 0 Å². The minimum atomic E-state index is -1.01. The second kappa shape index (κ2) is 4.85. The Kier molecular flexibility index (Phi) is 3.18. The van der Waals surface area contributed by atoms with Gasteiger partial charge in [0.05, 0.1) is 0 Å². The molecular weight excluding hydrogens is 264 g/mol. The quantitative estimate of drug-likeness (QED) is 0.890. The predicted molar refractivity (Wildman–Crippen MR) is 71.1 cm³/mol. The molecule has 2 fully saturated rings. The van der Waals surface area contributed by atoms with E-state index in [-0.39, 0.29) is 6.03 Å². The second-order valence-electron chi connectivity index (χ2n) is 5.22. The van der Waals surface area contributed by atoms with Crippen LogP contribution in [0.15, 0.2) is 17.5 Å². The zero-order chi connectivity index (χ0) is 13.4. The molecule has 102 valence electrons. The summed E-state index contributed by atoms with van der Waals surface area (Å²) in [7, 11) is 0. The molecule has 1 aliphatic heterocycles. The summed E-state index contributed by atoms with van der Waals surface area (Å²) in [6, 6.07) is 2.65. The van der Waals surface area contributed by atoms with Crippen LogP contribution in [0.1, 0.15) is 30.2 Å². The molecule has 0 aromatic carbocycles. The van der Waals surface area contributed by atoms with Gasteiger partial charge in [0.2, 0.25) is 0 Å². The van der Waals surface area contributed by atoms with E-state index in [0.29, 0.717) is 16.8 Å². The minimum Gasteiger partial charge on any atom is -0.479 e. The van der Waals surface area contributed by atoms with Crippen molar-refractivity contribution in [2.45, 2.75) is 31.3 Å². The lowest BCUT2D eigenvalue weighted by Crippen LogP contribution is -2.46. The van der Waals surface area contributed by atoms with Gasteiger partial charge >= 0.3 is 12.0 Å². The zero-order valence-electron chi connectivity index (χ0n) is 10.4. The van der Waals surface area contributed by atoms with Crippen LogP contribution in [-0.4, -0.2) is 34.6 Å². The van der Waals surface area contributed by atoms with Crippen LogP contribution in [0, 0.1) is 5.92 Å². The number of thiophene rings is 1. The maximum atomic E-state index is 12.2. The van der Waals surface area contributed by atoms with Crippen molar-refractivity contribution in [3.63, 3.8) is 0 Å². The zero-order valence-corrected chi connectivity index (χ0v) is 11.2. The third-order valence-corrected chi connectivity index (χ3v) is 4.95. The molecule has 1 saturated carbocycles.